The lowest BCUT2D eigenvalue weighted by molar-refractivity contribution is -0.0505. The highest BCUT2D eigenvalue weighted by Gasteiger charge is 2.11. The third kappa shape index (κ3) is 8.84. The average Bonchev–Trinajstić information content (AvgIpc) is 2.63. The molecule has 2 N–H and O–H groups in total. The molecule has 1 aromatic carbocycles. The second-order valence-corrected chi connectivity index (χ2v) is 5.52. The number of benzene rings is 1. The van der Waals surface area contributed by atoms with Gasteiger partial charge >= 0.3 is 6.61 Å². The Kier molecular flexibility index (Phi) is 11.1. The zero-order valence-corrected chi connectivity index (χ0v) is 15.7. The fraction of sp³-hybridized carbons (Fsp3) is 0.611. The highest BCUT2D eigenvalue weighted by Crippen LogP contribution is 2.26. The van der Waals surface area contributed by atoms with E-state index in [9.17, 15) is 8.78 Å². The molecule has 0 aliphatic carbocycles. The van der Waals surface area contributed by atoms with Crippen molar-refractivity contribution in [2.24, 2.45) is 4.99 Å². The normalized spacial score (nSPS) is 11.5. The molecule has 0 saturated carbocycles. The third-order valence-electron chi connectivity index (χ3n) is 3.56. The molecule has 1 aromatic rings. The number of nitrogens with zero attached hydrogens (tertiary/aromatic N) is 1. The van der Waals surface area contributed by atoms with Crippen molar-refractivity contribution in [2.75, 3.05) is 33.9 Å². The Labute approximate surface area is 153 Å². The SMILES string of the molecule is CCCCOCCCNC(=NC)NCc1ccc(OC)cc1OC(F)F. The molecule has 0 amide bonds. The molecule has 0 unspecified atom stereocenters. The maximum absolute atomic E-state index is 12.6. The molecular weight excluding hydrogens is 344 g/mol. The minimum absolute atomic E-state index is 0.0756. The summed E-state index contributed by atoms with van der Waals surface area (Å²) < 4.78 is 40.3. The number of ether oxygens (including phenoxy) is 3. The van der Waals surface area contributed by atoms with Crippen LogP contribution in [0.15, 0.2) is 23.2 Å². The van der Waals surface area contributed by atoms with Crippen LogP contribution in [0.4, 0.5) is 8.78 Å². The van der Waals surface area contributed by atoms with Gasteiger partial charge in [-0.15, -0.1) is 0 Å². The van der Waals surface area contributed by atoms with Crippen LogP contribution in [0.1, 0.15) is 31.7 Å². The molecule has 148 valence electrons. The van der Waals surface area contributed by atoms with Gasteiger partial charge in [0.15, 0.2) is 5.96 Å². The Morgan fingerprint density at radius 3 is 2.62 bits per heavy atom. The quantitative estimate of drug-likeness (QED) is 0.335. The number of unbranched alkanes of at least 4 members (excludes halogenated alkanes) is 1. The lowest BCUT2D eigenvalue weighted by atomic mass is 10.2. The van der Waals surface area contributed by atoms with E-state index in [0.29, 0.717) is 37.0 Å². The molecule has 1 rings (SSSR count). The fourth-order valence-electron chi connectivity index (χ4n) is 2.14. The molecule has 6 nitrogen and oxygen atoms in total. The van der Waals surface area contributed by atoms with Crippen LogP contribution in [0.5, 0.6) is 11.5 Å². The Morgan fingerprint density at radius 1 is 1.19 bits per heavy atom. The van der Waals surface area contributed by atoms with Crippen molar-refractivity contribution in [1.82, 2.24) is 10.6 Å². The maximum Gasteiger partial charge on any atom is 0.387 e. The minimum Gasteiger partial charge on any atom is -0.497 e. The lowest BCUT2D eigenvalue weighted by Crippen LogP contribution is -2.37. The molecule has 26 heavy (non-hydrogen) atoms. The van der Waals surface area contributed by atoms with E-state index in [1.807, 2.05) is 0 Å². The molecule has 0 aliphatic heterocycles. The largest absolute Gasteiger partial charge is 0.497 e. The molecule has 0 aromatic heterocycles. The predicted molar refractivity (Wildman–Crippen MR) is 98.2 cm³/mol. The van der Waals surface area contributed by atoms with Crippen molar-refractivity contribution in [1.29, 1.82) is 0 Å². The first kappa shape index (κ1) is 22.0. The van der Waals surface area contributed by atoms with Crippen molar-refractivity contribution >= 4 is 5.96 Å². The molecule has 0 aliphatic rings. The molecule has 8 heteroatoms. The summed E-state index contributed by atoms with van der Waals surface area (Å²) >= 11 is 0. The van der Waals surface area contributed by atoms with E-state index in [4.69, 9.17) is 9.47 Å². The Hall–Kier alpha value is -2.09. The molecule has 0 saturated heterocycles. The van der Waals surface area contributed by atoms with E-state index in [1.165, 1.54) is 13.2 Å². The fourth-order valence-corrected chi connectivity index (χ4v) is 2.14. The Morgan fingerprint density at radius 2 is 1.96 bits per heavy atom. The van der Waals surface area contributed by atoms with Crippen molar-refractivity contribution < 1.29 is 23.0 Å². The number of halogens is 2. The average molecular weight is 373 g/mol. The number of hydrogen-bond donors (Lipinski definition) is 2. The van der Waals surface area contributed by atoms with Crippen molar-refractivity contribution in [2.45, 2.75) is 39.3 Å². The standard InChI is InChI=1S/C18H29F2N3O3/c1-4-5-10-25-11-6-9-22-18(21-2)23-13-14-7-8-15(24-3)12-16(14)26-17(19)20/h7-8,12,17H,4-6,9-11,13H2,1-3H3,(H2,21,22,23). The topological polar surface area (TPSA) is 64.1 Å². The van der Waals surface area contributed by atoms with Gasteiger partial charge in [0.1, 0.15) is 11.5 Å². The lowest BCUT2D eigenvalue weighted by Gasteiger charge is -2.15. The second kappa shape index (κ2) is 13.2. The molecular formula is C18H29F2N3O3. The van der Waals surface area contributed by atoms with E-state index in [0.717, 1.165) is 25.9 Å². The number of alkyl halides is 2. The highest BCUT2D eigenvalue weighted by molar-refractivity contribution is 5.79. The van der Waals surface area contributed by atoms with Gasteiger partial charge < -0.3 is 24.8 Å². The summed E-state index contributed by atoms with van der Waals surface area (Å²) in [6, 6.07) is 4.81. The van der Waals surface area contributed by atoms with Crippen LogP contribution in [0.3, 0.4) is 0 Å². The predicted octanol–water partition coefficient (Wildman–Crippen LogP) is 3.17. The minimum atomic E-state index is -2.90. The number of aliphatic imine (C=N–C) groups is 1. The van der Waals surface area contributed by atoms with Crippen LogP contribution in [0.25, 0.3) is 0 Å². The first-order valence-corrected chi connectivity index (χ1v) is 8.74. The number of methoxy groups -OCH3 is 1. The second-order valence-electron chi connectivity index (χ2n) is 5.52. The van der Waals surface area contributed by atoms with Gasteiger partial charge in [-0.1, -0.05) is 13.3 Å². The zero-order chi connectivity index (χ0) is 19.2. The van der Waals surface area contributed by atoms with Crippen molar-refractivity contribution in [3.05, 3.63) is 23.8 Å². The summed E-state index contributed by atoms with van der Waals surface area (Å²) in [6.45, 7) is 1.70. The smallest absolute Gasteiger partial charge is 0.387 e. The van der Waals surface area contributed by atoms with Gasteiger partial charge in [-0.2, -0.15) is 8.78 Å². The van der Waals surface area contributed by atoms with Crippen LogP contribution < -0.4 is 20.1 Å². The maximum atomic E-state index is 12.6. The number of guanidine groups is 1. The van der Waals surface area contributed by atoms with Crippen molar-refractivity contribution in [3.8, 4) is 11.5 Å². The summed E-state index contributed by atoms with van der Waals surface area (Å²) in [5.41, 5.74) is 0.581. The van der Waals surface area contributed by atoms with E-state index in [-0.39, 0.29) is 5.75 Å². The molecule has 0 fully saturated rings. The number of nitrogens with one attached hydrogen (secondary N) is 2. The molecule has 0 atom stereocenters. The first-order chi connectivity index (χ1) is 12.6. The monoisotopic (exact) mass is 373 g/mol. The summed E-state index contributed by atoms with van der Waals surface area (Å²) in [6.07, 6.45) is 3.05. The zero-order valence-electron chi connectivity index (χ0n) is 15.7. The molecule has 0 heterocycles. The number of rotatable bonds is 12. The van der Waals surface area contributed by atoms with Gasteiger partial charge in [0.05, 0.1) is 7.11 Å². The van der Waals surface area contributed by atoms with Crippen LogP contribution in [0.2, 0.25) is 0 Å². The molecule has 0 bridgehead atoms. The van der Waals surface area contributed by atoms with Crippen LogP contribution in [-0.4, -0.2) is 46.5 Å². The summed E-state index contributed by atoms with van der Waals surface area (Å²) in [5.74, 6) is 1.11. The van der Waals surface area contributed by atoms with Gasteiger partial charge in [-0.3, -0.25) is 4.99 Å². The number of hydrogen-bond acceptors (Lipinski definition) is 4. The van der Waals surface area contributed by atoms with E-state index in [1.54, 1.807) is 19.2 Å². The summed E-state index contributed by atoms with van der Waals surface area (Å²) in [5, 5.41) is 6.24. The van der Waals surface area contributed by atoms with E-state index in [2.05, 4.69) is 27.3 Å². The van der Waals surface area contributed by atoms with Gasteiger partial charge in [-0.05, 0) is 25.0 Å². The van der Waals surface area contributed by atoms with E-state index >= 15 is 0 Å². The molecule has 0 spiro atoms. The van der Waals surface area contributed by atoms with Crippen LogP contribution >= 0.6 is 0 Å². The Balaban J connectivity index is 2.45. The van der Waals surface area contributed by atoms with Gasteiger partial charge in [0.25, 0.3) is 0 Å². The first-order valence-electron chi connectivity index (χ1n) is 8.74. The van der Waals surface area contributed by atoms with Gasteiger partial charge in [-0.25, -0.2) is 0 Å². The van der Waals surface area contributed by atoms with Gasteiger partial charge in [0.2, 0.25) is 0 Å². The summed E-state index contributed by atoms with van der Waals surface area (Å²) in [4.78, 5) is 4.11. The third-order valence-corrected chi connectivity index (χ3v) is 3.56. The van der Waals surface area contributed by atoms with Gasteiger partial charge in [0, 0.05) is 45.0 Å². The summed E-state index contributed by atoms with van der Waals surface area (Å²) in [7, 11) is 3.12. The van der Waals surface area contributed by atoms with Crippen LogP contribution in [0, 0.1) is 0 Å². The van der Waals surface area contributed by atoms with Crippen molar-refractivity contribution in [3.63, 3.8) is 0 Å². The van der Waals surface area contributed by atoms with E-state index < -0.39 is 6.61 Å². The molecule has 0 radical (unpaired) electrons. The highest BCUT2D eigenvalue weighted by atomic mass is 19.3. The Bertz CT molecular complexity index is 542. The van der Waals surface area contributed by atoms with Crippen LogP contribution in [-0.2, 0) is 11.3 Å².